The van der Waals surface area contributed by atoms with Crippen molar-refractivity contribution in [1.82, 2.24) is 0 Å². The number of benzene rings is 1. The van der Waals surface area contributed by atoms with E-state index in [1.54, 1.807) is 0 Å². The van der Waals surface area contributed by atoms with Crippen molar-refractivity contribution in [2.75, 3.05) is 23.3 Å². The number of rotatable bonds is 4. The van der Waals surface area contributed by atoms with Crippen molar-refractivity contribution in [3.05, 3.63) is 16.9 Å². The van der Waals surface area contributed by atoms with Gasteiger partial charge in [0, 0.05) is 6.54 Å². The Morgan fingerprint density at radius 2 is 1.94 bits per heavy atom. The minimum absolute atomic E-state index is 0.0624. The second kappa shape index (κ2) is 5.65. The number of halogens is 2. The maximum Gasteiger partial charge on any atom is 0.169 e. The van der Waals surface area contributed by atoms with E-state index in [4.69, 9.17) is 23.1 Å². The first-order chi connectivity index (χ1) is 8.59. The summed E-state index contributed by atoms with van der Waals surface area (Å²) in [7, 11) is 0. The smallest absolute Gasteiger partial charge is 0.169 e. The first kappa shape index (κ1) is 13.3. The normalized spacial score (nSPS) is 16.1. The Labute approximate surface area is 112 Å². The van der Waals surface area contributed by atoms with Crippen molar-refractivity contribution in [3.63, 3.8) is 0 Å². The molecule has 0 radical (unpaired) electrons. The van der Waals surface area contributed by atoms with Crippen LogP contribution in [0.4, 0.5) is 21.5 Å². The van der Waals surface area contributed by atoms with Crippen LogP contribution in [0.25, 0.3) is 0 Å². The zero-order valence-corrected chi connectivity index (χ0v) is 11.1. The third kappa shape index (κ3) is 2.80. The molecule has 0 atom stereocenters. The highest BCUT2D eigenvalue weighted by molar-refractivity contribution is 6.33. The first-order valence-electron chi connectivity index (χ1n) is 6.36. The topological polar surface area (TPSA) is 64.1 Å². The summed E-state index contributed by atoms with van der Waals surface area (Å²) >= 11 is 5.77. The molecule has 1 saturated carbocycles. The minimum atomic E-state index is -0.555. The van der Waals surface area contributed by atoms with Gasteiger partial charge in [-0.2, -0.15) is 0 Å². The minimum Gasteiger partial charge on any atom is -0.397 e. The Balaban J connectivity index is 1.98. The van der Waals surface area contributed by atoms with Gasteiger partial charge in [-0.1, -0.05) is 37.3 Å². The molecule has 0 aliphatic heterocycles. The second-order valence-corrected chi connectivity index (χ2v) is 5.30. The van der Waals surface area contributed by atoms with Gasteiger partial charge in [0.15, 0.2) is 5.82 Å². The predicted molar refractivity (Wildman–Crippen MR) is 75.3 cm³/mol. The lowest BCUT2D eigenvalue weighted by Gasteiger charge is -2.14. The van der Waals surface area contributed by atoms with E-state index in [1.165, 1.54) is 31.7 Å². The molecular formula is C13H19ClFN3. The van der Waals surface area contributed by atoms with Crippen LogP contribution in [0.1, 0.15) is 32.1 Å². The lowest BCUT2D eigenvalue weighted by molar-refractivity contribution is 0.517. The first-order valence-corrected chi connectivity index (χ1v) is 6.74. The van der Waals surface area contributed by atoms with Gasteiger partial charge in [0.05, 0.1) is 17.1 Å². The number of nitrogens with two attached hydrogens (primary N) is 2. The molecule has 18 heavy (non-hydrogen) atoms. The Hall–Kier alpha value is -1.16. The van der Waals surface area contributed by atoms with Crippen LogP contribution in [-0.4, -0.2) is 6.54 Å². The quantitative estimate of drug-likeness (QED) is 0.733. The molecule has 0 amide bonds. The van der Waals surface area contributed by atoms with Crippen molar-refractivity contribution >= 4 is 28.7 Å². The van der Waals surface area contributed by atoms with Crippen LogP contribution in [0.5, 0.6) is 0 Å². The zero-order chi connectivity index (χ0) is 13.1. The number of nitrogens with one attached hydrogen (secondary N) is 1. The van der Waals surface area contributed by atoms with Gasteiger partial charge in [-0.05, 0) is 18.4 Å². The summed E-state index contributed by atoms with van der Waals surface area (Å²) in [6.45, 7) is 0.714. The molecule has 1 fully saturated rings. The van der Waals surface area contributed by atoms with Gasteiger partial charge in [0.2, 0.25) is 0 Å². The molecule has 0 aromatic heterocycles. The summed E-state index contributed by atoms with van der Waals surface area (Å²) in [5.74, 6) is 0.201. The highest BCUT2D eigenvalue weighted by Crippen LogP contribution is 2.34. The molecule has 5 heteroatoms. The predicted octanol–water partition coefficient (Wildman–Crippen LogP) is 3.64. The van der Waals surface area contributed by atoms with E-state index in [0.717, 1.165) is 12.3 Å². The molecule has 1 aromatic carbocycles. The Morgan fingerprint density at radius 1 is 1.28 bits per heavy atom. The molecule has 0 heterocycles. The monoisotopic (exact) mass is 271 g/mol. The molecule has 3 nitrogen and oxygen atoms in total. The van der Waals surface area contributed by atoms with Gasteiger partial charge in [0.1, 0.15) is 5.02 Å². The van der Waals surface area contributed by atoms with Gasteiger partial charge in [-0.3, -0.25) is 0 Å². The van der Waals surface area contributed by atoms with Crippen molar-refractivity contribution < 1.29 is 4.39 Å². The lowest BCUT2D eigenvalue weighted by Crippen LogP contribution is -2.10. The van der Waals surface area contributed by atoms with Crippen LogP contribution in [0.15, 0.2) is 6.07 Å². The SMILES string of the molecule is Nc1cc(N)c(NCCC2CCCC2)c(F)c1Cl. The van der Waals surface area contributed by atoms with Crippen LogP contribution in [-0.2, 0) is 0 Å². The third-order valence-corrected chi connectivity index (χ3v) is 3.98. The van der Waals surface area contributed by atoms with E-state index in [-0.39, 0.29) is 16.4 Å². The standard InChI is InChI=1S/C13H19ClFN3/c14-11-9(16)7-10(17)13(12(11)15)18-6-5-8-3-1-2-4-8/h7-8,18H,1-6,16-17H2. The summed E-state index contributed by atoms with van der Waals surface area (Å²) in [6, 6.07) is 1.49. The van der Waals surface area contributed by atoms with Crippen LogP contribution in [0.2, 0.25) is 5.02 Å². The molecule has 5 N–H and O–H groups in total. The van der Waals surface area contributed by atoms with Crippen LogP contribution >= 0.6 is 11.6 Å². The fourth-order valence-electron chi connectivity index (χ4n) is 2.55. The van der Waals surface area contributed by atoms with Gasteiger partial charge in [-0.25, -0.2) is 4.39 Å². The fourth-order valence-corrected chi connectivity index (χ4v) is 2.70. The van der Waals surface area contributed by atoms with E-state index in [9.17, 15) is 4.39 Å². The molecule has 1 aromatic rings. The number of nitrogen functional groups attached to an aromatic ring is 2. The van der Waals surface area contributed by atoms with Crippen molar-refractivity contribution in [1.29, 1.82) is 0 Å². The van der Waals surface area contributed by atoms with E-state index in [1.807, 2.05) is 0 Å². The molecule has 100 valence electrons. The zero-order valence-electron chi connectivity index (χ0n) is 10.3. The number of hydrogen-bond acceptors (Lipinski definition) is 3. The van der Waals surface area contributed by atoms with Crippen molar-refractivity contribution in [3.8, 4) is 0 Å². The number of anilines is 3. The molecule has 1 aliphatic rings. The number of hydrogen-bond donors (Lipinski definition) is 3. The Bertz CT molecular complexity index is 431. The Kier molecular flexibility index (Phi) is 4.17. The van der Waals surface area contributed by atoms with E-state index < -0.39 is 5.82 Å². The largest absolute Gasteiger partial charge is 0.397 e. The third-order valence-electron chi connectivity index (χ3n) is 3.59. The molecule has 0 unspecified atom stereocenters. The van der Waals surface area contributed by atoms with Gasteiger partial charge < -0.3 is 16.8 Å². The maximum atomic E-state index is 13.9. The maximum absolute atomic E-state index is 13.9. The Morgan fingerprint density at radius 3 is 2.61 bits per heavy atom. The van der Waals surface area contributed by atoms with Crippen LogP contribution < -0.4 is 16.8 Å². The molecule has 0 spiro atoms. The van der Waals surface area contributed by atoms with Crippen molar-refractivity contribution in [2.45, 2.75) is 32.1 Å². The molecule has 0 saturated heterocycles. The average molecular weight is 272 g/mol. The van der Waals surface area contributed by atoms with Crippen LogP contribution in [0, 0.1) is 11.7 Å². The average Bonchev–Trinajstić information content (AvgIpc) is 2.84. The molecule has 0 bridgehead atoms. The second-order valence-electron chi connectivity index (χ2n) is 4.92. The lowest BCUT2D eigenvalue weighted by atomic mass is 10.0. The van der Waals surface area contributed by atoms with Gasteiger partial charge >= 0.3 is 0 Å². The molecular weight excluding hydrogens is 253 g/mol. The van der Waals surface area contributed by atoms with E-state index >= 15 is 0 Å². The van der Waals surface area contributed by atoms with Gasteiger partial charge in [0.25, 0.3) is 0 Å². The highest BCUT2D eigenvalue weighted by atomic mass is 35.5. The molecule has 2 rings (SSSR count). The summed E-state index contributed by atoms with van der Waals surface area (Å²) < 4.78 is 13.9. The van der Waals surface area contributed by atoms with Crippen LogP contribution in [0.3, 0.4) is 0 Å². The van der Waals surface area contributed by atoms with Crippen molar-refractivity contribution in [2.24, 2.45) is 5.92 Å². The summed E-state index contributed by atoms with van der Waals surface area (Å²) in [6.07, 6.45) is 6.23. The van der Waals surface area contributed by atoms with E-state index in [0.29, 0.717) is 12.2 Å². The fraction of sp³-hybridized carbons (Fsp3) is 0.538. The summed E-state index contributed by atoms with van der Waals surface area (Å²) in [4.78, 5) is 0. The highest BCUT2D eigenvalue weighted by Gasteiger charge is 2.16. The van der Waals surface area contributed by atoms with E-state index in [2.05, 4.69) is 5.32 Å². The molecule has 1 aliphatic carbocycles. The summed E-state index contributed by atoms with van der Waals surface area (Å²) in [5, 5.41) is 2.97. The van der Waals surface area contributed by atoms with Gasteiger partial charge in [-0.15, -0.1) is 0 Å². The summed E-state index contributed by atoms with van der Waals surface area (Å²) in [5.41, 5.74) is 12.0.